The summed E-state index contributed by atoms with van der Waals surface area (Å²) in [7, 11) is 1.23. The van der Waals surface area contributed by atoms with Gasteiger partial charge >= 0.3 is 5.97 Å². The highest BCUT2D eigenvalue weighted by atomic mass is 16.6. The van der Waals surface area contributed by atoms with E-state index in [-0.39, 0.29) is 23.4 Å². The Morgan fingerprint density at radius 3 is 2.61 bits per heavy atom. The van der Waals surface area contributed by atoms with E-state index < -0.39 is 22.7 Å². The lowest BCUT2D eigenvalue weighted by atomic mass is 9.80. The van der Waals surface area contributed by atoms with Crippen molar-refractivity contribution in [3.05, 3.63) is 75.1 Å². The highest BCUT2D eigenvalue weighted by molar-refractivity contribution is 6.01. The number of benzene rings is 1. The summed E-state index contributed by atoms with van der Waals surface area (Å²) >= 11 is 0. The van der Waals surface area contributed by atoms with Crippen LogP contribution in [0.25, 0.3) is 0 Å². The first-order valence-corrected chi connectivity index (χ1v) is 8.36. The molecule has 9 heteroatoms. The number of carbonyl (C=O) groups is 2. The third-order valence-electron chi connectivity index (χ3n) is 4.19. The van der Waals surface area contributed by atoms with Crippen LogP contribution in [0.4, 0.5) is 5.69 Å². The molecule has 1 atom stereocenters. The quantitative estimate of drug-likeness (QED) is 0.242. The maximum atomic E-state index is 12.8. The van der Waals surface area contributed by atoms with Crippen LogP contribution in [-0.2, 0) is 19.2 Å². The van der Waals surface area contributed by atoms with Crippen molar-refractivity contribution in [2.75, 3.05) is 13.7 Å². The van der Waals surface area contributed by atoms with Gasteiger partial charge in [0, 0.05) is 23.5 Å². The molecule has 0 spiro atoms. The van der Waals surface area contributed by atoms with Crippen molar-refractivity contribution in [3.8, 4) is 0 Å². The fourth-order valence-electron chi connectivity index (χ4n) is 3.05. The number of non-ortho nitro benzene ring substituents is 1. The SMILES string of the molecule is C=CCONC(=O)C1=C(C)NC(C)=C(C(=O)OC)C1c1cccc([N+](=O)[O-])c1. The number of nitrogens with one attached hydrogen (secondary N) is 2. The maximum absolute atomic E-state index is 12.8. The fourth-order valence-corrected chi connectivity index (χ4v) is 3.05. The average Bonchev–Trinajstić information content (AvgIpc) is 2.67. The minimum atomic E-state index is -0.874. The van der Waals surface area contributed by atoms with Crippen LogP contribution in [0.5, 0.6) is 0 Å². The lowest BCUT2D eigenvalue weighted by Crippen LogP contribution is -2.36. The van der Waals surface area contributed by atoms with Crippen molar-refractivity contribution in [1.82, 2.24) is 10.8 Å². The summed E-state index contributed by atoms with van der Waals surface area (Å²) in [6.45, 7) is 6.93. The molecule has 148 valence electrons. The molecular formula is C19H21N3O6. The Balaban J connectivity index is 2.61. The van der Waals surface area contributed by atoms with Crippen molar-refractivity contribution in [2.24, 2.45) is 0 Å². The fraction of sp³-hybridized carbons (Fsp3) is 0.263. The number of carbonyl (C=O) groups excluding carboxylic acids is 2. The van der Waals surface area contributed by atoms with E-state index in [9.17, 15) is 19.7 Å². The smallest absolute Gasteiger partial charge is 0.336 e. The molecule has 1 aliphatic heterocycles. The van der Waals surface area contributed by atoms with Crippen LogP contribution in [-0.4, -0.2) is 30.5 Å². The first-order chi connectivity index (χ1) is 13.3. The second-order valence-electron chi connectivity index (χ2n) is 6.01. The summed E-state index contributed by atoms with van der Waals surface area (Å²) in [5.41, 5.74) is 3.90. The van der Waals surface area contributed by atoms with Gasteiger partial charge < -0.3 is 10.1 Å². The molecule has 0 saturated carbocycles. The highest BCUT2D eigenvalue weighted by Gasteiger charge is 2.37. The van der Waals surface area contributed by atoms with Crippen molar-refractivity contribution in [3.63, 3.8) is 0 Å². The number of esters is 1. The second-order valence-corrected chi connectivity index (χ2v) is 6.01. The van der Waals surface area contributed by atoms with Crippen LogP contribution in [0.1, 0.15) is 25.3 Å². The van der Waals surface area contributed by atoms with Crippen LogP contribution in [0.3, 0.4) is 0 Å². The number of allylic oxidation sites excluding steroid dienone is 2. The average molecular weight is 387 g/mol. The van der Waals surface area contributed by atoms with Gasteiger partial charge in [-0.05, 0) is 19.4 Å². The van der Waals surface area contributed by atoms with E-state index >= 15 is 0 Å². The lowest BCUT2D eigenvalue weighted by Gasteiger charge is -2.30. The van der Waals surface area contributed by atoms with Crippen molar-refractivity contribution >= 4 is 17.6 Å². The zero-order valence-corrected chi connectivity index (χ0v) is 15.8. The number of hydrogen-bond acceptors (Lipinski definition) is 7. The van der Waals surface area contributed by atoms with E-state index in [1.54, 1.807) is 19.9 Å². The third-order valence-corrected chi connectivity index (χ3v) is 4.19. The summed E-state index contributed by atoms with van der Waals surface area (Å²) < 4.78 is 4.88. The zero-order chi connectivity index (χ0) is 20.8. The van der Waals surface area contributed by atoms with E-state index in [0.29, 0.717) is 17.0 Å². The molecule has 1 aromatic rings. The Morgan fingerprint density at radius 2 is 2.00 bits per heavy atom. The Kier molecular flexibility index (Phi) is 6.67. The molecular weight excluding hydrogens is 366 g/mol. The number of amides is 1. The molecule has 0 radical (unpaired) electrons. The number of hydrogen-bond donors (Lipinski definition) is 2. The first-order valence-electron chi connectivity index (χ1n) is 8.36. The number of nitro benzene ring substituents is 1. The Bertz CT molecular complexity index is 887. The van der Waals surface area contributed by atoms with Crippen LogP contribution in [0.15, 0.2) is 59.5 Å². The second kappa shape index (κ2) is 8.96. The van der Waals surface area contributed by atoms with Gasteiger partial charge in [0.2, 0.25) is 0 Å². The Morgan fingerprint density at radius 1 is 1.32 bits per heavy atom. The molecule has 28 heavy (non-hydrogen) atoms. The van der Waals surface area contributed by atoms with E-state index in [2.05, 4.69) is 17.4 Å². The minimum absolute atomic E-state index is 0.0890. The van der Waals surface area contributed by atoms with Crippen LogP contribution >= 0.6 is 0 Å². The van der Waals surface area contributed by atoms with Crippen molar-refractivity contribution < 1.29 is 24.1 Å². The summed E-state index contributed by atoms with van der Waals surface area (Å²) in [5, 5.41) is 14.2. The molecule has 1 amide bonds. The maximum Gasteiger partial charge on any atom is 0.336 e. The number of ether oxygens (including phenoxy) is 1. The third kappa shape index (κ3) is 4.26. The molecule has 0 fully saturated rings. The predicted octanol–water partition coefficient (Wildman–Crippen LogP) is 2.24. The predicted molar refractivity (Wildman–Crippen MR) is 101 cm³/mol. The number of methoxy groups -OCH3 is 1. The summed E-state index contributed by atoms with van der Waals surface area (Å²) in [6, 6.07) is 5.78. The van der Waals surface area contributed by atoms with Gasteiger partial charge in [-0.1, -0.05) is 18.2 Å². The van der Waals surface area contributed by atoms with Gasteiger partial charge in [0.15, 0.2) is 0 Å². The molecule has 1 unspecified atom stereocenters. The van der Waals surface area contributed by atoms with Gasteiger partial charge in [0.1, 0.15) is 0 Å². The number of dihydropyridines is 1. The molecule has 0 bridgehead atoms. The van der Waals surface area contributed by atoms with E-state index in [0.717, 1.165) is 0 Å². The van der Waals surface area contributed by atoms with E-state index in [1.165, 1.54) is 31.4 Å². The van der Waals surface area contributed by atoms with Gasteiger partial charge in [0.25, 0.3) is 11.6 Å². The van der Waals surface area contributed by atoms with Gasteiger partial charge in [-0.2, -0.15) is 0 Å². The lowest BCUT2D eigenvalue weighted by molar-refractivity contribution is -0.384. The molecule has 0 saturated heterocycles. The van der Waals surface area contributed by atoms with Crippen molar-refractivity contribution in [2.45, 2.75) is 19.8 Å². The molecule has 9 nitrogen and oxygen atoms in total. The summed E-state index contributed by atoms with van der Waals surface area (Å²) in [6.07, 6.45) is 1.46. The first kappa shape index (κ1) is 20.8. The minimum Gasteiger partial charge on any atom is -0.466 e. The summed E-state index contributed by atoms with van der Waals surface area (Å²) in [5.74, 6) is -2.11. The molecule has 0 aromatic heterocycles. The Labute approximate surface area is 161 Å². The zero-order valence-electron chi connectivity index (χ0n) is 15.8. The van der Waals surface area contributed by atoms with Gasteiger partial charge in [0.05, 0.1) is 35.7 Å². The number of nitrogens with zero attached hydrogens (tertiary/aromatic N) is 1. The normalized spacial score (nSPS) is 16.3. The molecule has 1 heterocycles. The van der Waals surface area contributed by atoms with Gasteiger partial charge in [-0.3, -0.25) is 19.7 Å². The number of rotatable bonds is 7. The standard InChI is InChI=1S/C19H21N3O6/c1-5-9-28-21-18(23)15-11(2)20-12(3)16(19(24)27-4)17(15)13-7-6-8-14(10-13)22(25)26/h5-8,10,17,20H,1,9H2,2-4H3,(H,21,23). The molecule has 2 rings (SSSR count). The summed E-state index contributed by atoms with van der Waals surface area (Å²) in [4.78, 5) is 40.9. The van der Waals surface area contributed by atoms with Crippen molar-refractivity contribution in [1.29, 1.82) is 0 Å². The van der Waals surface area contributed by atoms with E-state index in [4.69, 9.17) is 9.57 Å². The number of nitro groups is 1. The van der Waals surface area contributed by atoms with Crippen LogP contribution < -0.4 is 10.8 Å². The molecule has 2 N–H and O–H groups in total. The largest absolute Gasteiger partial charge is 0.466 e. The van der Waals surface area contributed by atoms with Gasteiger partial charge in [-0.25, -0.2) is 10.3 Å². The van der Waals surface area contributed by atoms with E-state index in [1.807, 2.05) is 0 Å². The van der Waals surface area contributed by atoms with Crippen LogP contribution in [0.2, 0.25) is 0 Å². The Hall–Kier alpha value is -3.46. The molecule has 1 aliphatic rings. The molecule has 1 aromatic carbocycles. The monoisotopic (exact) mass is 387 g/mol. The number of hydroxylamine groups is 1. The van der Waals surface area contributed by atoms with Gasteiger partial charge in [-0.15, -0.1) is 6.58 Å². The topological polar surface area (TPSA) is 120 Å². The van der Waals surface area contributed by atoms with Crippen LogP contribution in [0, 0.1) is 10.1 Å². The highest BCUT2D eigenvalue weighted by Crippen LogP contribution is 2.39. The molecule has 0 aliphatic carbocycles.